The number of fused-ring (bicyclic) bond motifs is 1. The van der Waals surface area contributed by atoms with Gasteiger partial charge in [-0.15, -0.1) is 0 Å². The van der Waals surface area contributed by atoms with Crippen LogP contribution < -0.4 is 5.32 Å². The van der Waals surface area contributed by atoms with Gasteiger partial charge in [0.2, 0.25) is 5.91 Å². The predicted octanol–water partition coefficient (Wildman–Crippen LogP) is 2.19. The summed E-state index contributed by atoms with van der Waals surface area (Å²) in [4.78, 5) is 36.4. The van der Waals surface area contributed by atoms with Gasteiger partial charge in [-0.25, -0.2) is 24.9 Å². The first-order valence-corrected chi connectivity index (χ1v) is 8.27. The number of nitrogens with zero attached hydrogens (tertiary/aromatic N) is 5. The Morgan fingerprint density at radius 2 is 1.88 bits per heavy atom. The Bertz CT molecular complexity index is 885. The maximum absolute atomic E-state index is 12.4. The molecule has 2 N–H and O–H groups in total. The lowest BCUT2D eigenvalue weighted by atomic mass is 10.2. The molecule has 0 aliphatic rings. The van der Waals surface area contributed by atoms with Crippen LogP contribution in [0.1, 0.15) is 23.9 Å². The van der Waals surface area contributed by atoms with E-state index in [1.54, 1.807) is 6.92 Å². The highest BCUT2D eigenvalue weighted by atomic mass is 32.2. The van der Waals surface area contributed by atoms with Gasteiger partial charge < -0.3 is 10.3 Å². The predicted molar refractivity (Wildman–Crippen MR) is 91.9 cm³/mol. The number of thioether (sulfide) groups is 1. The Hall–Kier alpha value is -2.55. The molecule has 0 saturated heterocycles. The van der Waals surface area contributed by atoms with Crippen molar-refractivity contribution in [3.8, 4) is 0 Å². The molecule has 1 atom stereocenters. The van der Waals surface area contributed by atoms with Gasteiger partial charge in [-0.3, -0.25) is 4.79 Å². The largest absolute Gasteiger partial charge is 0.340 e. The minimum Gasteiger partial charge on any atom is -0.340 e. The number of carbonyl (C=O) groups excluding carboxylic acids is 1. The van der Waals surface area contributed by atoms with E-state index in [1.165, 1.54) is 24.4 Å². The van der Waals surface area contributed by atoms with Crippen molar-refractivity contribution in [3.63, 3.8) is 0 Å². The second kappa shape index (κ2) is 6.52. The fourth-order valence-corrected chi connectivity index (χ4v) is 2.95. The van der Waals surface area contributed by atoms with E-state index in [0.29, 0.717) is 22.1 Å². The molecule has 24 heavy (non-hydrogen) atoms. The molecular weight excluding hydrogens is 326 g/mol. The summed E-state index contributed by atoms with van der Waals surface area (Å²) in [6, 6.07) is 0. The molecule has 3 heterocycles. The van der Waals surface area contributed by atoms with Crippen molar-refractivity contribution in [1.29, 1.82) is 0 Å². The molecule has 0 saturated carbocycles. The smallest absolute Gasteiger partial charge is 0.238 e. The summed E-state index contributed by atoms with van der Waals surface area (Å²) in [5.41, 5.74) is 4.02. The first-order chi connectivity index (χ1) is 11.5. The third-order valence-electron chi connectivity index (χ3n) is 3.73. The number of imidazole rings is 1. The first kappa shape index (κ1) is 16.3. The molecular formula is C15H17N7OS. The standard InChI is InChI=1S/C15H17N7OS/c1-7-8(2)20-15(21-9(7)3)24-10(4)14(23)22-13-11-12(17-5-16-11)18-6-19-13/h5-6,10H,1-4H3,(H2,16,17,18,19,22,23)/t10-/m1/s1. The molecule has 3 aromatic rings. The Morgan fingerprint density at radius 1 is 1.17 bits per heavy atom. The molecule has 0 unspecified atom stereocenters. The summed E-state index contributed by atoms with van der Waals surface area (Å²) in [7, 11) is 0. The molecule has 0 spiro atoms. The van der Waals surface area contributed by atoms with Gasteiger partial charge in [-0.05, 0) is 33.3 Å². The van der Waals surface area contributed by atoms with Gasteiger partial charge in [0, 0.05) is 11.4 Å². The van der Waals surface area contributed by atoms with Crippen LogP contribution in [-0.2, 0) is 4.79 Å². The summed E-state index contributed by atoms with van der Waals surface area (Å²) >= 11 is 1.31. The molecule has 0 aliphatic carbocycles. The van der Waals surface area contributed by atoms with Crippen molar-refractivity contribution in [1.82, 2.24) is 29.9 Å². The molecule has 3 aromatic heterocycles. The van der Waals surface area contributed by atoms with Gasteiger partial charge in [0.05, 0.1) is 11.6 Å². The first-order valence-electron chi connectivity index (χ1n) is 7.39. The third-order valence-corrected chi connectivity index (χ3v) is 4.69. The number of anilines is 1. The highest BCUT2D eigenvalue weighted by Gasteiger charge is 2.19. The molecule has 1 amide bonds. The molecule has 0 aliphatic heterocycles. The highest BCUT2D eigenvalue weighted by Crippen LogP contribution is 2.23. The Morgan fingerprint density at radius 3 is 2.58 bits per heavy atom. The summed E-state index contributed by atoms with van der Waals surface area (Å²) < 4.78 is 0. The second-order valence-corrected chi connectivity index (χ2v) is 6.68. The Balaban J connectivity index is 1.74. The fourth-order valence-electron chi connectivity index (χ4n) is 2.08. The van der Waals surface area contributed by atoms with Crippen molar-refractivity contribution in [3.05, 3.63) is 29.6 Å². The van der Waals surface area contributed by atoms with Crippen molar-refractivity contribution in [2.75, 3.05) is 5.32 Å². The van der Waals surface area contributed by atoms with Crippen LogP contribution in [0.25, 0.3) is 11.2 Å². The van der Waals surface area contributed by atoms with E-state index in [1.807, 2.05) is 20.8 Å². The van der Waals surface area contributed by atoms with E-state index in [9.17, 15) is 4.79 Å². The number of aryl methyl sites for hydroxylation is 2. The molecule has 8 nitrogen and oxygen atoms in total. The topological polar surface area (TPSA) is 109 Å². The average molecular weight is 343 g/mol. The number of hydrogen-bond donors (Lipinski definition) is 2. The van der Waals surface area contributed by atoms with Gasteiger partial charge in [0.1, 0.15) is 11.8 Å². The number of rotatable bonds is 4. The molecule has 0 radical (unpaired) electrons. The number of nitrogens with one attached hydrogen (secondary N) is 2. The minimum absolute atomic E-state index is 0.186. The van der Waals surface area contributed by atoms with E-state index in [2.05, 4.69) is 35.2 Å². The summed E-state index contributed by atoms with van der Waals surface area (Å²) in [6.45, 7) is 7.67. The van der Waals surface area contributed by atoms with Crippen LogP contribution >= 0.6 is 11.8 Å². The lowest BCUT2D eigenvalue weighted by molar-refractivity contribution is -0.115. The fraction of sp³-hybridized carbons (Fsp3) is 0.333. The molecule has 9 heteroatoms. The van der Waals surface area contributed by atoms with E-state index in [4.69, 9.17) is 0 Å². The number of aromatic amines is 1. The monoisotopic (exact) mass is 343 g/mol. The van der Waals surface area contributed by atoms with Crippen LogP contribution in [0.4, 0.5) is 5.82 Å². The molecule has 0 fully saturated rings. The number of aromatic nitrogens is 6. The van der Waals surface area contributed by atoms with Crippen molar-refractivity contribution >= 4 is 34.7 Å². The zero-order valence-corrected chi connectivity index (χ0v) is 14.6. The summed E-state index contributed by atoms with van der Waals surface area (Å²) in [6.07, 6.45) is 2.88. The maximum Gasteiger partial charge on any atom is 0.238 e. The van der Waals surface area contributed by atoms with Crippen molar-refractivity contribution < 1.29 is 4.79 Å². The van der Waals surface area contributed by atoms with Gasteiger partial charge in [0.25, 0.3) is 0 Å². The average Bonchev–Trinajstić information content (AvgIpc) is 3.02. The maximum atomic E-state index is 12.4. The van der Waals surface area contributed by atoms with Crippen LogP contribution in [0.5, 0.6) is 0 Å². The van der Waals surface area contributed by atoms with E-state index in [0.717, 1.165) is 17.0 Å². The van der Waals surface area contributed by atoms with Crippen molar-refractivity contribution in [2.24, 2.45) is 0 Å². The summed E-state index contributed by atoms with van der Waals surface area (Å²) in [5, 5.41) is 3.01. The van der Waals surface area contributed by atoms with Crippen molar-refractivity contribution in [2.45, 2.75) is 38.1 Å². The summed E-state index contributed by atoms with van der Waals surface area (Å²) in [5.74, 6) is 0.223. The molecule has 3 rings (SSSR count). The second-order valence-electron chi connectivity index (χ2n) is 5.37. The molecule has 0 bridgehead atoms. The van der Waals surface area contributed by atoms with Gasteiger partial charge in [-0.2, -0.15) is 0 Å². The van der Waals surface area contributed by atoms with Crippen LogP contribution in [0.2, 0.25) is 0 Å². The van der Waals surface area contributed by atoms with E-state index < -0.39 is 0 Å². The number of H-pyrrole nitrogens is 1. The number of carbonyl (C=O) groups is 1. The van der Waals surface area contributed by atoms with Crippen LogP contribution in [0.15, 0.2) is 17.8 Å². The number of hydrogen-bond acceptors (Lipinski definition) is 7. The van der Waals surface area contributed by atoms with Gasteiger partial charge in [0.15, 0.2) is 16.6 Å². The zero-order chi connectivity index (χ0) is 17.3. The van der Waals surface area contributed by atoms with Crippen LogP contribution in [0.3, 0.4) is 0 Å². The van der Waals surface area contributed by atoms with Gasteiger partial charge >= 0.3 is 0 Å². The number of amides is 1. The molecule has 124 valence electrons. The van der Waals surface area contributed by atoms with Crippen LogP contribution in [0, 0.1) is 20.8 Å². The Kier molecular flexibility index (Phi) is 4.43. The Labute approximate surface area is 143 Å². The lowest BCUT2D eigenvalue weighted by Gasteiger charge is -2.12. The van der Waals surface area contributed by atoms with Gasteiger partial charge in [-0.1, -0.05) is 11.8 Å². The quantitative estimate of drug-likeness (QED) is 0.552. The minimum atomic E-state index is -0.376. The van der Waals surface area contributed by atoms with Crippen LogP contribution in [-0.4, -0.2) is 41.1 Å². The highest BCUT2D eigenvalue weighted by molar-refractivity contribution is 8.00. The normalized spacial score (nSPS) is 12.3. The molecule has 0 aromatic carbocycles. The van der Waals surface area contributed by atoms with E-state index in [-0.39, 0.29) is 11.2 Å². The SMILES string of the molecule is Cc1nc(S[C@H](C)C(=O)Nc2ncnc3nc[nH]c23)nc(C)c1C. The lowest BCUT2D eigenvalue weighted by Crippen LogP contribution is -2.23. The zero-order valence-electron chi connectivity index (χ0n) is 13.8. The third kappa shape index (κ3) is 3.21. The van der Waals surface area contributed by atoms with E-state index >= 15 is 0 Å².